The Morgan fingerprint density at radius 2 is 1.62 bits per heavy atom. The number of hydrogen-bond donors (Lipinski definition) is 0. The van der Waals surface area contributed by atoms with Crippen molar-refractivity contribution in [2.24, 2.45) is 0 Å². The maximum atomic E-state index is 12.3. The molecule has 0 aliphatic carbocycles. The molecule has 5 heteroatoms. The molecule has 0 heterocycles. The number of alkyl halides is 1. The van der Waals surface area contributed by atoms with Crippen LogP contribution in [0.1, 0.15) is 51.9 Å². The first-order valence-electron chi connectivity index (χ1n) is 7.74. The van der Waals surface area contributed by atoms with E-state index in [4.69, 9.17) is 20.6 Å². The van der Waals surface area contributed by atoms with Gasteiger partial charge in [0.2, 0.25) is 0 Å². The van der Waals surface area contributed by atoms with E-state index >= 15 is 0 Å². The smallest absolute Gasteiger partial charge is 0.393 e. The van der Waals surface area contributed by atoms with Crippen LogP contribution in [0.15, 0.2) is 30.3 Å². The molecule has 0 radical (unpaired) electrons. The van der Waals surface area contributed by atoms with Crippen molar-refractivity contribution in [1.29, 1.82) is 0 Å². The van der Waals surface area contributed by atoms with Crippen molar-refractivity contribution in [3.05, 3.63) is 30.3 Å². The first-order chi connectivity index (χ1) is 10.2. The highest BCUT2D eigenvalue weighted by atomic mass is 35.5. The summed E-state index contributed by atoms with van der Waals surface area (Å²) in [6, 6.07) is 9.01. The molecule has 0 unspecified atom stereocenters. The van der Waals surface area contributed by atoms with Gasteiger partial charge in [-0.3, -0.25) is 4.52 Å². The standard InChI is InChI=1S/C16H26ClO3P/c1-2-3-4-5-6-7-11-14-19-21(18,15-17)20-16-12-9-8-10-13-16/h8-10,12-13H,2-7,11,14-15H2,1H3/t21-/m1/s1. The third-order valence-electron chi connectivity index (χ3n) is 3.17. The third kappa shape index (κ3) is 8.50. The number of rotatable bonds is 12. The normalized spacial score (nSPS) is 13.8. The van der Waals surface area contributed by atoms with Gasteiger partial charge >= 0.3 is 7.60 Å². The molecule has 0 aliphatic rings. The number of para-hydroxylation sites is 1. The maximum absolute atomic E-state index is 12.3. The summed E-state index contributed by atoms with van der Waals surface area (Å²) in [4.78, 5) is 0. The zero-order valence-corrected chi connectivity index (χ0v) is 14.5. The van der Waals surface area contributed by atoms with Gasteiger partial charge in [-0.2, -0.15) is 0 Å². The molecule has 21 heavy (non-hydrogen) atoms. The summed E-state index contributed by atoms with van der Waals surface area (Å²) in [5, 5.41) is 0. The quantitative estimate of drug-likeness (QED) is 0.259. The van der Waals surface area contributed by atoms with Crippen molar-refractivity contribution in [1.82, 2.24) is 0 Å². The fraction of sp³-hybridized carbons (Fsp3) is 0.625. The van der Waals surface area contributed by atoms with Gasteiger partial charge in [0.15, 0.2) is 0 Å². The van der Waals surface area contributed by atoms with E-state index in [1.54, 1.807) is 12.1 Å². The minimum absolute atomic E-state index is 0.127. The van der Waals surface area contributed by atoms with E-state index in [-0.39, 0.29) is 5.62 Å². The monoisotopic (exact) mass is 332 g/mol. The van der Waals surface area contributed by atoms with E-state index in [2.05, 4.69) is 6.92 Å². The van der Waals surface area contributed by atoms with Crippen molar-refractivity contribution >= 4 is 19.2 Å². The van der Waals surface area contributed by atoms with Crippen LogP contribution >= 0.6 is 19.2 Å². The molecule has 0 aliphatic heterocycles. The molecule has 0 spiro atoms. The molecule has 1 aromatic rings. The molecule has 0 saturated heterocycles. The van der Waals surface area contributed by atoms with Crippen LogP contribution in [0.4, 0.5) is 0 Å². The van der Waals surface area contributed by atoms with E-state index in [0.29, 0.717) is 12.4 Å². The Balaban J connectivity index is 2.20. The average molecular weight is 333 g/mol. The van der Waals surface area contributed by atoms with Crippen molar-refractivity contribution in [2.45, 2.75) is 51.9 Å². The lowest BCUT2D eigenvalue weighted by Gasteiger charge is -2.17. The highest BCUT2D eigenvalue weighted by Crippen LogP contribution is 2.49. The van der Waals surface area contributed by atoms with Gasteiger partial charge in [0.25, 0.3) is 0 Å². The zero-order chi connectivity index (χ0) is 15.4. The lowest BCUT2D eigenvalue weighted by Crippen LogP contribution is -2.01. The maximum Gasteiger partial charge on any atom is 0.393 e. The van der Waals surface area contributed by atoms with Gasteiger partial charge in [-0.1, -0.05) is 63.6 Å². The van der Waals surface area contributed by atoms with Gasteiger partial charge < -0.3 is 4.52 Å². The van der Waals surface area contributed by atoms with Crippen molar-refractivity contribution < 1.29 is 13.6 Å². The largest absolute Gasteiger partial charge is 0.424 e. The second-order valence-corrected chi connectivity index (χ2v) is 7.71. The number of unbranched alkanes of at least 4 members (excludes halogenated alkanes) is 6. The topological polar surface area (TPSA) is 35.5 Å². The number of benzene rings is 1. The molecule has 0 bridgehead atoms. The summed E-state index contributed by atoms with van der Waals surface area (Å²) in [6.45, 7) is 2.65. The Bertz CT molecular complexity index is 411. The van der Waals surface area contributed by atoms with Crippen LogP contribution in [0, 0.1) is 0 Å². The summed E-state index contributed by atoms with van der Waals surface area (Å²) < 4.78 is 23.2. The molecular weight excluding hydrogens is 307 g/mol. The lowest BCUT2D eigenvalue weighted by atomic mass is 10.1. The molecule has 0 fully saturated rings. The van der Waals surface area contributed by atoms with Gasteiger partial charge in [-0.25, -0.2) is 4.57 Å². The average Bonchev–Trinajstić information content (AvgIpc) is 2.51. The van der Waals surface area contributed by atoms with Crippen LogP contribution in [0.5, 0.6) is 5.75 Å². The summed E-state index contributed by atoms with van der Waals surface area (Å²) in [5.74, 6) is 0.529. The minimum atomic E-state index is -3.22. The van der Waals surface area contributed by atoms with Crippen LogP contribution in [0.3, 0.4) is 0 Å². The van der Waals surface area contributed by atoms with Crippen LogP contribution in [0.25, 0.3) is 0 Å². The van der Waals surface area contributed by atoms with Crippen molar-refractivity contribution in [3.8, 4) is 5.75 Å². The predicted molar refractivity (Wildman–Crippen MR) is 89.3 cm³/mol. The molecule has 120 valence electrons. The molecule has 0 saturated carbocycles. The Kier molecular flexibility index (Phi) is 9.82. The Morgan fingerprint density at radius 3 is 2.24 bits per heavy atom. The van der Waals surface area contributed by atoms with Gasteiger partial charge in [0.1, 0.15) is 11.4 Å². The SMILES string of the molecule is CCCCCCCCCO[P@](=O)(CCl)Oc1ccccc1. The van der Waals surface area contributed by atoms with Gasteiger partial charge in [0, 0.05) is 0 Å². The Labute approximate surface area is 133 Å². The van der Waals surface area contributed by atoms with Crippen molar-refractivity contribution in [2.75, 3.05) is 12.2 Å². The first-order valence-corrected chi connectivity index (χ1v) is 10.0. The second kappa shape index (κ2) is 11.1. The van der Waals surface area contributed by atoms with Crippen LogP contribution < -0.4 is 4.52 Å². The summed E-state index contributed by atoms with van der Waals surface area (Å²) in [7, 11) is -3.22. The molecule has 0 aromatic heterocycles. The van der Waals surface area contributed by atoms with Crippen molar-refractivity contribution in [3.63, 3.8) is 0 Å². The molecule has 3 nitrogen and oxygen atoms in total. The summed E-state index contributed by atoms with van der Waals surface area (Å²) in [6.07, 6.45) is 8.33. The Hall–Kier alpha value is -0.500. The molecule has 1 aromatic carbocycles. The predicted octanol–water partition coefficient (Wildman–Crippen LogP) is 6.22. The highest BCUT2D eigenvalue weighted by molar-refractivity contribution is 7.56. The second-order valence-electron chi connectivity index (χ2n) is 5.09. The zero-order valence-electron chi connectivity index (χ0n) is 12.8. The summed E-state index contributed by atoms with van der Waals surface area (Å²) >= 11 is 5.74. The number of hydrogen-bond acceptors (Lipinski definition) is 3. The molecule has 1 rings (SSSR count). The third-order valence-corrected chi connectivity index (χ3v) is 5.41. The van der Waals surface area contributed by atoms with Crippen LogP contribution in [-0.2, 0) is 9.09 Å². The van der Waals surface area contributed by atoms with E-state index in [1.807, 2.05) is 18.2 Å². The van der Waals surface area contributed by atoms with Crippen LogP contribution in [0.2, 0.25) is 0 Å². The minimum Gasteiger partial charge on any atom is -0.424 e. The van der Waals surface area contributed by atoms with Gasteiger partial charge in [0.05, 0.1) is 6.61 Å². The highest BCUT2D eigenvalue weighted by Gasteiger charge is 2.24. The van der Waals surface area contributed by atoms with Gasteiger partial charge in [-0.15, -0.1) is 11.6 Å². The number of halogens is 1. The van der Waals surface area contributed by atoms with Gasteiger partial charge in [-0.05, 0) is 18.6 Å². The molecule has 0 N–H and O–H groups in total. The van der Waals surface area contributed by atoms with E-state index in [0.717, 1.165) is 12.8 Å². The van der Waals surface area contributed by atoms with Crippen LogP contribution in [-0.4, -0.2) is 12.2 Å². The van der Waals surface area contributed by atoms with E-state index in [1.165, 1.54) is 32.1 Å². The van der Waals surface area contributed by atoms with E-state index < -0.39 is 7.60 Å². The molecule has 0 amide bonds. The fourth-order valence-electron chi connectivity index (χ4n) is 1.99. The first kappa shape index (κ1) is 18.5. The van der Waals surface area contributed by atoms with E-state index in [9.17, 15) is 4.57 Å². The summed E-state index contributed by atoms with van der Waals surface area (Å²) in [5.41, 5.74) is -0.127. The Morgan fingerprint density at radius 1 is 1.00 bits per heavy atom. The molecule has 1 atom stereocenters. The fourth-order valence-corrected chi connectivity index (χ4v) is 3.36. The molecular formula is C16H26ClO3P. The lowest BCUT2D eigenvalue weighted by molar-refractivity contribution is 0.261.